The van der Waals surface area contributed by atoms with Gasteiger partial charge in [-0.3, -0.25) is 0 Å². The van der Waals surface area contributed by atoms with E-state index in [4.69, 9.17) is 14.2 Å². The second kappa shape index (κ2) is 9.99. The Balaban J connectivity index is 1.71. The Hall–Kier alpha value is -3.81. The van der Waals surface area contributed by atoms with Crippen molar-refractivity contribution >= 4 is 11.9 Å². The van der Waals surface area contributed by atoms with E-state index < -0.39 is 12.0 Å². The highest BCUT2D eigenvalue weighted by atomic mass is 16.5. The lowest BCUT2D eigenvalue weighted by atomic mass is 9.95. The van der Waals surface area contributed by atoms with Gasteiger partial charge in [-0.1, -0.05) is 30.3 Å². The van der Waals surface area contributed by atoms with Crippen LogP contribution >= 0.6 is 0 Å². The zero-order chi connectivity index (χ0) is 24.2. The van der Waals surface area contributed by atoms with Gasteiger partial charge in [0.15, 0.2) is 11.5 Å². The molecule has 0 spiro atoms. The van der Waals surface area contributed by atoms with Gasteiger partial charge in [0.05, 0.1) is 18.3 Å². The average Bonchev–Trinajstić information content (AvgIpc) is 3.26. The maximum absolute atomic E-state index is 13.1. The van der Waals surface area contributed by atoms with Crippen LogP contribution in [0.25, 0.3) is 0 Å². The fourth-order valence-electron chi connectivity index (χ4n) is 3.95. The first-order valence-electron chi connectivity index (χ1n) is 11.4. The molecule has 2 aromatic carbocycles. The molecule has 4 rings (SSSR count). The molecule has 0 radical (unpaired) electrons. The average molecular weight is 463 g/mol. The van der Waals surface area contributed by atoms with Crippen molar-refractivity contribution in [3.8, 4) is 11.5 Å². The van der Waals surface area contributed by atoms with Crippen molar-refractivity contribution in [2.75, 3.05) is 11.9 Å². The number of esters is 1. The zero-order valence-corrected chi connectivity index (χ0v) is 20.2. The molecule has 0 saturated heterocycles. The van der Waals surface area contributed by atoms with Gasteiger partial charge in [-0.05, 0) is 63.4 Å². The normalized spacial score (nSPS) is 15.1. The number of rotatable bonds is 8. The molecule has 3 aromatic rings. The Labute approximate surface area is 199 Å². The van der Waals surface area contributed by atoms with Crippen molar-refractivity contribution in [1.29, 1.82) is 0 Å². The van der Waals surface area contributed by atoms with Crippen LogP contribution < -0.4 is 14.8 Å². The number of anilines is 1. The van der Waals surface area contributed by atoms with E-state index in [0.29, 0.717) is 41.9 Å². The summed E-state index contributed by atoms with van der Waals surface area (Å²) in [6.45, 7) is 10.4. The lowest BCUT2D eigenvalue weighted by Crippen LogP contribution is -2.30. The number of fused-ring (bicyclic) bond motifs is 1. The van der Waals surface area contributed by atoms with Crippen LogP contribution in [0, 0.1) is 6.92 Å². The molecule has 1 unspecified atom stereocenters. The number of aryl methyl sites for hydroxylation is 1. The van der Waals surface area contributed by atoms with Gasteiger partial charge in [0.2, 0.25) is 5.95 Å². The third-order valence-electron chi connectivity index (χ3n) is 5.58. The van der Waals surface area contributed by atoms with Gasteiger partial charge in [-0.25, -0.2) is 9.48 Å². The van der Waals surface area contributed by atoms with Crippen molar-refractivity contribution < 1.29 is 19.0 Å². The van der Waals surface area contributed by atoms with Gasteiger partial charge in [0.1, 0.15) is 19.0 Å². The standard InChI is InChI=1S/C26H30N4O4/c1-6-32-22-13-19(11-12-21(22)33-14-20-10-8-7-9-17(20)4)24-23(25(31)34-16(2)3)18(5)29-26-27-15-28-30(24)26/h7-13,15-16,24H,6,14H2,1-5H3,(H,27,28,29). The molecule has 178 valence electrons. The van der Waals surface area contributed by atoms with Crippen LogP contribution in [0.1, 0.15) is 50.4 Å². The summed E-state index contributed by atoms with van der Waals surface area (Å²) in [4.78, 5) is 17.3. The van der Waals surface area contributed by atoms with Gasteiger partial charge in [0, 0.05) is 5.70 Å². The largest absolute Gasteiger partial charge is 0.490 e. The van der Waals surface area contributed by atoms with Crippen molar-refractivity contribution in [1.82, 2.24) is 14.8 Å². The number of ether oxygens (including phenoxy) is 3. The van der Waals surface area contributed by atoms with Crippen molar-refractivity contribution in [3.63, 3.8) is 0 Å². The van der Waals surface area contributed by atoms with Crippen molar-refractivity contribution in [3.05, 3.63) is 76.8 Å². The summed E-state index contributed by atoms with van der Waals surface area (Å²) in [5.74, 6) is 1.39. The molecular weight excluding hydrogens is 432 g/mol. The van der Waals surface area contributed by atoms with Crippen LogP contribution in [0.2, 0.25) is 0 Å². The minimum Gasteiger partial charge on any atom is -0.490 e. The zero-order valence-electron chi connectivity index (χ0n) is 20.2. The first kappa shape index (κ1) is 23.4. The second-order valence-corrected chi connectivity index (χ2v) is 8.40. The van der Waals surface area contributed by atoms with E-state index in [-0.39, 0.29) is 6.10 Å². The van der Waals surface area contributed by atoms with E-state index in [9.17, 15) is 4.79 Å². The number of benzene rings is 2. The third kappa shape index (κ3) is 4.76. The molecule has 1 atom stereocenters. The molecule has 1 N–H and O–H groups in total. The monoisotopic (exact) mass is 462 g/mol. The van der Waals surface area contributed by atoms with Crippen LogP contribution in [0.4, 0.5) is 5.95 Å². The first-order chi connectivity index (χ1) is 16.4. The summed E-state index contributed by atoms with van der Waals surface area (Å²) in [5, 5.41) is 7.52. The fraction of sp³-hybridized carbons (Fsp3) is 0.346. The van der Waals surface area contributed by atoms with E-state index in [2.05, 4.69) is 28.4 Å². The van der Waals surface area contributed by atoms with Gasteiger partial charge in [-0.2, -0.15) is 10.1 Å². The van der Waals surface area contributed by atoms with E-state index in [1.807, 2.05) is 64.1 Å². The van der Waals surface area contributed by atoms with E-state index >= 15 is 0 Å². The number of allylic oxidation sites excluding steroid dienone is 1. The summed E-state index contributed by atoms with van der Waals surface area (Å²) in [7, 11) is 0. The Morgan fingerprint density at radius 2 is 1.91 bits per heavy atom. The Morgan fingerprint density at radius 1 is 1.12 bits per heavy atom. The minimum absolute atomic E-state index is 0.248. The van der Waals surface area contributed by atoms with Crippen LogP contribution in [0.3, 0.4) is 0 Å². The predicted octanol–water partition coefficient (Wildman–Crippen LogP) is 4.80. The summed E-state index contributed by atoms with van der Waals surface area (Å²) in [6.07, 6.45) is 1.21. The van der Waals surface area contributed by atoms with E-state index in [1.165, 1.54) is 11.9 Å². The van der Waals surface area contributed by atoms with E-state index in [1.54, 1.807) is 4.68 Å². The fourth-order valence-corrected chi connectivity index (χ4v) is 3.95. The third-order valence-corrected chi connectivity index (χ3v) is 5.58. The molecule has 1 aliphatic rings. The van der Waals surface area contributed by atoms with E-state index in [0.717, 1.165) is 11.1 Å². The van der Waals surface area contributed by atoms with Gasteiger partial charge < -0.3 is 19.5 Å². The highest BCUT2D eigenvalue weighted by Crippen LogP contribution is 2.39. The van der Waals surface area contributed by atoms with Crippen molar-refractivity contribution in [2.45, 2.75) is 53.4 Å². The number of carbonyl (C=O) groups excluding carboxylic acids is 1. The number of nitrogens with zero attached hydrogens (tertiary/aromatic N) is 3. The van der Waals surface area contributed by atoms with Gasteiger partial charge in [0.25, 0.3) is 0 Å². The molecule has 0 saturated carbocycles. The Kier molecular flexibility index (Phi) is 6.86. The molecule has 1 aliphatic heterocycles. The minimum atomic E-state index is -0.519. The topological polar surface area (TPSA) is 87.5 Å². The molecule has 0 aliphatic carbocycles. The number of nitrogens with one attached hydrogen (secondary N) is 1. The molecule has 8 nitrogen and oxygen atoms in total. The molecule has 0 amide bonds. The summed E-state index contributed by atoms with van der Waals surface area (Å²) in [6, 6.07) is 13.3. The molecular formula is C26H30N4O4. The van der Waals surface area contributed by atoms with Crippen molar-refractivity contribution in [2.24, 2.45) is 0 Å². The molecule has 0 bridgehead atoms. The lowest BCUT2D eigenvalue weighted by molar-refractivity contribution is -0.143. The lowest BCUT2D eigenvalue weighted by Gasteiger charge is -2.29. The number of hydrogen-bond acceptors (Lipinski definition) is 7. The number of hydrogen-bond donors (Lipinski definition) is 1. The van der Waals surface area contributed by atoms with Gasteiger partial charge >= 0.3 is 5.97 Å². The molecule has 1 aromatic heterocycles. The molecule has 2 heterocycles. The van der Waals surface area contributed by atoms with Gasteiger partial charge in [-0.15, -0.1) is 0 Å². The first-order valence-corrected chi connectivity index (χ1v) is 11.4. The molecule has 8 heteroatoms. The highest BCUT2D eigenvalue weighted by molar-refractivity contribution is 5.92. The Bertz CT molecular complexity index is 1220. The molecule has 0 fully saturated rings. The summed E-state index contributed by atoms with van der Waals surface area (Å²) >= 11 is 0. The quantitative estimate of drug-likeness (QED) is 0.481. The smallest absolute Gasteiger partial charge is 0.338 e. The van der Waals surface area contributed by atoms with Crippen LogP contribution in [0.15, 0.2) is 60.1 Å². The summed E-state index contributed by atoms with van der Waals surface area (Å²) < 4.78 is 19.3. The predicted molar refractivity (Wildman–Crippen MR) is 129 cm³/mol. The second-order valence-electron chi connectivity index (χ2n) is 8.40. The SMILES string of the molecule is CCOc1cc(C2C(C(=O)OC(C)C)=C(C)Nc3ncnn32)ccc1OCc1ccccc1C. The van der Waals surface area contributed by atoms with Crippen LogP contribution in [-0.4, -0.2) is 33.4 Å². The number of carbonyl (C=O) groups is 1. The Morgan fingerprint density at radius 3 is 2.65 bits per heavy atom. The summed E-state index contributed by atoms with van der Waals surface area (Å²) in [5.41, 5.74) is 4.24. The van der Waals surface area contributed by atoms with Crippen LogP contribution in [0.5, 0.6) is 11.5 Å². The molecule has 34 heavy (non-hydrogen) atoms. The maximum Gasteiger partial charge on any atom is 0.338 e. The van der Waals surface area contributed by atoms with Crippen LogP contribution in [-0.2, 0) is 16.1 Å². The highest BCUT2D eigenvalue weighted by Gasteiger charge is 2.35. The maximum atomic E-state index is 13.1. The number of aromatic nitrogens is 3.